The number of aliphatic hydroxyl groups excluding tert-OH is 1. The molecule has 164 valence electrons. The van der Waals surface area contributed by atoms with Crippen molar-refractivity contribution in [2.24, 2.45) is 5.92 Å². The average Bonchev–Trinajstić information content (AvgIpc) is 3.19. The molecule has 0 spiro atoms. The standard InChI is InChI=1S/C22H28O8/c1-6-14(10-23)21(26)28-15-8-18-22(5,30-18)9-17(27-13(4)24)19-12(3)20(25)29-16(19)7-11(15)2/h6-7,15-19,23H,3,8-10H2,1-2,4-5H3/b11-7+,14-6-/t15-,16+,17+,18+,19-,22+/m0/s1. The Labute approximate surface area is 175 Å². The van der Waals surface area contributed by atoms with Gasteiger partial charge in [0.05, 0.1) is 29.8 Å². The van der Waals surface area contributed by atoms with Crippen molar-refractivity contribution in [2.45, 2.75) is 70.6 Å². The summed E-state index contributed by atoms with van der Waals surface area (Å²) in [7, 11) is 0. The van der Waals surface area contributed by atoms with Gasteiger partial charge in [0.15, 0.2) is 0 Å². The first kappa shape index (κ1) is 22.2. The molecule has 3 rings (SSSR count). The number of esters is 3. The minimum Gasteiger partial charge on any atom is -0.462 e. The number of aliphatic hydroxyl groups is 1. The molecule has 0 aromatic carbocycles. The average molecular weight is 420 g/mol. The number of fused-ring (bicyclic) bond motifs is 2. The molecule has 0 aromatic heterocycles. The van der Waals surface area contributed by atoms with Gasteiger partial charge in [-0.05, 0) is 32.4 Å². The fourth-order valence-corrected chi connectivity index (χ4v) is 4.17. The Kier molecular flexibility index (Phi) is 6.19. The van der Waals surface area contributed by atoms with Crippen molar-refractivity contribution in [1.82, 2.24) is 0 Å². The Hall–Kier alpha value is -2.45. The Morgan fingerprint density at radius 3 is 2.70 bits per heavy atom. The van der Waals surface area contributed by atoms with Crippen LogP contribution in [0.5, 0.6) is 0 Å². The van der Waals surface area contributed by atoms with Crippen molar-refractivity contribution in [3.05, 3.63) is 35.5 Å². The molecule has 0 amide bonds. The van der Waals surface area contributed by atoms with E-state index in [1.54, 1.807) is 19.9 Å². The maximum atomic E-state index is 12.4. The monoisotopic (exact) mass is 420 g/mol. The molecule has 8 heteroatoms. The number of ether oxygens (including phenoxy) is 4. The molecule has 0 saturated carbocycles. The summed E-state index contributed by atoms with van der Waals surface area (Å²) in [5.74, 6) is -2.18. The lowest BCUT2D eigenvalue weighted by Crippen LogP contribution is -2.37. The molecular weight excluding hydrogens is 392 g/mol. The van der Waals surface area contributed by atoms with Crippen LogP contribution in [0, 0.1) is 5.92 Å². The summed E-state index contributed by atoms with van der Waals surface area (Å²) in [6.45, 7) is 10.1. The molecule has 0 radical (unpaired) electrons. The van der Waals surface area contributed by atoms with Gasteiger partial charge in [-0.3, -0.25) is 4.79 Å². The minimum atomic E-state index is -0.700. The fourth-order valence-electron chi connectivity index (χ4n) is 4.17. The van der Waals surface area contributed by atoms with E-state index in [2.05, 4.69) is 6.58 Å². The van der Waals surface area contributed by atoms with Crippen molar-refractivity contribution < 1.29 is 38.4 Å². The molecule has 3 aliphatic rings. The van der Waals surface area contributed by atoms with Crippen molar-refractivity contribution in [3.8, 4) is 0 Å². The van der Waals surface area contributed by atoms with Gasteiger partial charge in [0.25, 0.3) is 0 Å². The van der Waals surface area contributed by atoms with Crippen molar-refractivity contribution in [3.63, 3.8) is 0 Å². The maximum Gasteiger partial charge on any atom is 0.336 e. The summed E-state index contributed by atoms with van der Waals surface area (Å²) in [5, 5.41) is 9.34. The van der Waals surface area contributed by atoms with Gasteiger partial charge in [-0.1, -0.05) is 12.7 Å². The summed E-state index contributed by atoms with van der Waals surface area (Å²) in [6, 6.07) is 0. The fraction of sp³-hybridized carbons (Fsp3) is 0.591. The van der Waals surface area contributed by atoms with Crippen LogP contribution in [0.25, 0.3) is 0 Å². The number of hydrogen-bond acceptors (Lipinski definition) is 8. The van der Waals surface area contributed by atoms with Crippen LogP contribution in [-0.2, 0) is 33.3 Å². The molecule has 1 N–H and O–H groups in total. The molecule has 2 aliphatic heterocycles. The van der Waals surface area contributed by atoms with Gasteiger partial charge in [0.2, 0.25) is 0 Å². The first-order chi connectivity index (χ1) is 14.1. The molecule has 0 aromatic rings. The highest BCUT2D eigenvalue weighted by molar-refractivity contribution is 5.91. The predicted molar refractivity (Wildman–Crippen MR) is 105 cm³/mol. The summed E-state index contributed by atoms with van der Waals surface area (Å²) in [6.07, 6.45) is 1.80. The number of epoxide rings is 1. The molecule has 30 heavy (non-hydrogen) atoms. The van der Waals surface area contributed by atoms with Gasteiger partial charge in [0, 0.05) is 25.3 Å². The largest absolute Gasteiger partial charge is 0.462 e. The third kappa shape index (κ3) is 4.34. The zero-order valence-corrected chi connectivity index (χ0v) is 17.7. The van der Waals surface area contributed by atoms with Gasteiger partial charge in [-0.15, -0.1) is 0 Å². The Bertz CT molecular complexity index is 825. The zero-order chi connectivity index (χ0) is 22.2. The van der Waals surface area contributed by atoms with Crippen molar-refractivity contribution in [1.29, 1.82) is 0 Å². The lowest BCUT2D eigenvalue weighted by Gasteiger charge is -2.29. The van der Waals surface area contributed by atoms with E-state index in [4.69, 9.17) is 18.9 Å². The third-order valence-corrected chi connectivity index (χ3v) is 6.01. The lowest BCUT2D eigenvalue weighted by molar-refractivity contribution is -0.150. The molecule has 0 unspecified atom stereocenters. The van der Waals surface area contributed by atoms with Crippen LogP contribution in [0.4, 0.5) is 0 Å². The van der Waals surface area contributed by atoms with Crippen LogP contribution in [0.3, 0.4) is 0 Å². The van der Waals surface area contributed by atoms with Crippen LogP contribution in [-0.4, -0.2) is 59.6 Å². The summed E-state index contributed by atoms with van der Waals surface area (Å²) in [4.78, 5) is 36.3. The van der Waals surface area contributed by atoms with E-state index in [1.807, 2.05) is 6.92 Å². The second-order valence-electron chi connectivity index (χ2n) is 8.20. The van der Waals surface area contributed by atoms with Crippen LogP contribution in [0.2, 0.25) is 0 Å². The first-order valence-corrected chi connectivity index (χ1v) is 9.99. The maximum absolute atomic E-state index is 12.4. The van der Waals surface area contributed by atoms with Gasteiger partial charge in [-0.2, -0.15) is 0 Å². The minimum absolute atomic E-state index is 0.160. The quantitative estimate of drug-likeness (QED) is 0.241. The molecule has 2 fully saturated rings. The summed E-state index contributed by atoms with van der Waals surface area (Å²) < 4.78 is 22.6. The number of allylic oxidation sites excluding steroid dienone is 1. The smallest absolute Gasteiger partial charge is 0.336 e. The van der Waals surface area contributed by atoms with Crippen LogP contribution < -0.4 is 0 Å². The molecular formula is C22H28O8. The second kappa shape index (κ2) is 8.35. The lowest BCUT2D eigenvalue weighted by atomic mass is 9.82. The van der Waals surface area contributed by atoms with E-state index in [-0.39, 0.29) is 17.3 Å². The van der Waals surface area contributed by atoms with Crippen molar-refractivity contribution in [2.75, 3.05) is 6.61 Å². The van der Waals surface area contributed by atoms with Crippen LogP contribution in [0.15, 0.2) is 35.5 Å². The molecule has 6 atom stereocenters. The van der Waals surface area contributed by atoms with Gasteiger partial charge < -0.3 is 24.1 Å². The van der Waals surface area contributed by atoms with E-state index in [0.717, 1.165) is 0 Å². The Morgan fingerprint density at radius 1 is 1.40 bits per heavy atom. The van der Waals surface area contributed by atoms with Crippen LogP contribution >= 0.6 is 0 Å². The molecule has 2 saturated heterocycles. The van der Waals surface area contributed by atoms with E-state index < -0.39 is 54.3 Å². The van der Waals surface area contributed by atoms with E-state index >= 15 is 0 Å². The highest BCUT2D eigenvalue weighted by Crippen LogP contribution is 2.48. The normalized spacial score (nSPS) is 37.8. The summed E-state index contributed by atoms with van der Waals surface area (Å²) >= 11 is 0. The van der Waals surface area contributed by atoms with E-state index in [0.29, 0.717) is 18.4 Å². The molecule has 8 nitrogen and oxygen atoms in total. The second-order valence-corrected chi connectivity index (χ2v) is 8.20. The number of carbonyl (C=O) groups excluding carboxylic acids is 3. The van der Waals surface area contributed by atoms with Crippen LogP contribution in [0.1, 0.15) is 40.5 Å². The van der Waals surface area contributed by atoms with Gasteiger partial charge in [0.1, 0.15) is 18.3 Å². The summed E-state index contributed by atoms with van der Waals surface area (Å²) in [5.41, 5.74) is 0.476. The van der Waals surface area contributed by atoms with Crippen molar-refractivity contribution >= 4 is 17.9 Å². The topological polar surface area (TPSA) is 112 Å². The SMILES string of the molecule is C=C1C(=O)O[C@@H]2/C=C(\C)[C@@H](OC(=O)/C(=C\C)CO)C[C@H]3O[C@]3(C)C[C@@H](OC(C)=O)[C@@H]12. The zero-order valence-electron chi connectivity index (χ0n) is 17.7. The number of carbonyl (C=O) groups is 3. The van der Waals surface area contributed by atoms with Gasteiger partial charge in [-0.25, -0.2) is 9.59 Å². The van der Waals surface area contributed by atoms with Gasteiger partial charge >= 0.3 is 17.9 Å². The molecule has 0 bridgehead atoms. The Morgan fingerprint density at radius 2 is 2.10 bits per heavy atom. The highest BCUT2D eigenvalue weighted by atomic mass is 16.6. The molecule has 2 heterocycles. The first-order valence-electron chi connectivity index (χ1n) is 9.99. The molecule has 1 aliphatic carbocycles. The van der Waals surface area contributed by atoms with E-state index in [9.17, 15) is 19.5 Å². The predicted octanol–water partition coefficient (Wildman–Crippen LogP) is 1.76. The van der Waals surface area contributed by atoms with E-state index in [1.165, 1.54) is 13.0 Å². The Balaban J connectivity index is 1.95. The number of hydrogen-bond donors (Lipinski definition) is 1. The number of rotatable bonds is 4. The third-order valence-electron chi connectivity index (χ3n) is 6.01. The highest BCUT2D eigenvalue weighted by Gasteiger charge is 2.58.